The highest BCUT2D eigenvalue weighted by molar-refractivity contribution is 6.75. The molecule has 0 aromatic heterocycles. The normalized spacial score (nSPS) is 11.7. The van der Waals surface area contributed by atoms with Crippen molar-refractivity contribution in [2.24, 2.45) is 0 Å². The number of benzene rings is 2. The van der Waals surface area contributed by atoms with Crippen molar-refractivity contribution in [1.82, 2.24) is 0 Å². The van der Waals surface area contributed by atoms with Gasteiger partial charge in [-0.05, 0) is 23.3 Å². The van der Waals surface area contributed by atoms with Gasteiger partial charge in [0.25, 0.3) is 0 Å². The third-order valence-electron chi connectivity index (χ3n) is 3.36. The molecule has 0 fully saturated rings. The van der Waals surface area contributed by atoms with Crippen LogP contribution in [-0.2, 0) is 13.3 Å². The Labute approximate surface area is 127 Å². The lowest BCUT2D eigenvalue weighted by Gasteiger charge is -2.24. The van der Waals surface area contributed by atoms with E-state index in [1.54, 1.807) is 24.3 Å². The molecule has 22 heavy (non-hydrogen) atoms. The van der Waals surface area contributed by atoms with E-state index in [1.165, 1.54) is 21.3 Å². The quantitative estimate of drug-likeness (QED) is 0.624. The van der Waals surface area contributed by atoms with E-state index in [4.69, 9.17) is 13.3 Å². The van der Waals surface area contributed by atoms with Gasteiger partial charge < -0.3 is 13.3 Å². The SMILES string of the molecule is CO[Si](OC)(OC)c1ccc(-c2cc(F)c(F)c(F)c2)cc1. The highest BCUT2D eigenvalue weighted by Gasteiger charge is 2.40. The maximum atomic E-state index is 13.3. The number of hydrogen-bond acceptors (Lipinski definition) is 3. The minimum atomic E-state index is -2.96. The molecule has 0 atom stereocenters. The zero-order valence-electron chi connectivity index (χ0n) is 12.3. The fourth-order valence-electron chi connectivity index (χ4n) is 2.19. The van der Waals surface area contributed by atoms with Crippen molar-refractivity contribution in [3.63, 3.8) is 0 Å². The molecule has 0 saturated carbocycles. The highest BCUT2D eigenvalue weighted by Crippen LogP contribution is 2.23. The highest BCUT2D eigenvalue weighted by atomic mass is 28.4. The van der Waals surface area contributed by atoms with Gasteiger partial charge in [0.15, 0.2) is 17.5 Å². The van der Waals surface area contributed by atoms with Crippen LogP contribution in [0.15, 0.2) is 36.4 Å². The van der Waals surface area contributed by atoms with E-state index in [1.807, 2.05) is 0 Å². The fraction of sp³-hybridized carbons (Fsp3) is 0.200. The van der Waals surface area contributed by atoms with Crippen LogP contribution in [-0.4, -0.2) is 30.1 Å². The molecule has 0 amide bonds. The molecule has 0 aliphatic heterocycles. The van der Waals surface area contributed by atoms with Gasteiger partial charge in [-0.2, -0.15) is 0 Å². The van der Waals surface area contributed by atoms with Crippen LogP contribution in [0.25, 0.3) is 11.1 Å². The predicted molar refractivity (Wildman–Crippen MR) is 78.2 cm³/mol. The summed E-state index contributed by atoms with van der Waals surface area (Å²) in [5, 5.41) is 0.701. The van der Waals surface area contributed by atoms with Crippen LogP contribution in [0.3, 0.4) is 0 Å². The summed E-state index contributed by atoms with van der Waals surface area (Å²) in [6.45, 7) is 0. The first-order valence-corrected chi connectivity index (χ1v) is 8.10. The maximum absolute atomic E-state index is 13.3. The number of rotatable bonds is 5. The topological polar surface area (TPSA) is 27.7 Å². The Morgan fingerprint density at radius 3 is 1.59 bits per heavy atom. The van der Waals surface area contributed by atoms with E-state index in [-0.39, 0.29) is 5.56 Å². The first-order chi connectivity index (χ1) is 10.5. The lowest BCUT2D eigenvalue weighted by molar-refractivity contribution is 0.140. The van der Waals surface area contributed by atoms with Gasteiger partial charge in [0, 0.05) is 26.5 Å². The predicted octanol–water partition coefficient (Wildman–Crippen LogP) is 2.86. The largest absolute Gasteiger partial charge is 0.536 e. The Hall–Kier alpha value is -1.67. The minimum Gasteiger partial charge on any atom is -0.373 e. The summed E-state index contributed by atoms with van der Waals surface area (Å²) in [7, 11) is 1.50. The van der Waals surface area contributed by atoms with Crippen molar-refractivity contribution in [2.75, 3.05) is 21.3 Å². The zero-order valence-corrected chi connectivity index (χ0v) is 13.3. The summed E-state index contributed by atoms with van der Waals surface area (Å²) in [5.74, 6) is -3.94. The molecule has 0 saturated heterocycles. The van der Waals surface area contributed by atoms with Crippen LogP contribution in [0.5, 0.6) is 0 Å². The second-order valence-electron chi connectivity index (χ2n) is 4.50. The molecule has 0 N–H and O–H groups in total. The Morgan fingerprint density at radius 2 is 1.18 bits per heavy atom. The molecular weight excluding hydrogens is 313 g/mol. The Bertz CT molecular complexity index is 626. The van der Waals surface area contributed by atoms with Crippen molar-refractivity contribution in [2.45, 2.75) is 0 Å². The Morgan fingerprint density at radius 1 is 0.727 bits per heavy atom. The number of halogens is 3. The average molecular weight is 328 g/mol. The van der Waals surface area contributed by atoms with Gasteiger partial charge in [-0.3, -0.25) is 0 Å². The van der Waals surface area contributed by atoms with E-state index in [9.17, 15) is 13.2 Å². The van der Waals surface area contributed by atoms with E-state index in [0.717, 1.165) is 12.1 Å². The first kappa shape index (κ1) is 16.7. The molecule has 3 nitrogen and oxygen atoms in total. The smallest absolute Gasteiger partial charge is 0.373 e. The van der Waals surface area contributed by atoms with E-state index < -0.39 is 26.3 Å². The van der Waals surface area contributed by atoms with Crippen LogP contribution < -0.4 is 5.19 Å². The third kappa shape index (κ3) is 2.93. The van der Waals surface area contributed by atoms with Gasteiger partial charge in [0.05, 0.1) is 0 Å². The molecule has 2 aromatic carbocycles. The summed E-state index contributed by atoms with van der Waals surface area (Å²) < 4.78 is 55.6. The van der Waals surface area contributed by atoms with Crippen LogP contribution in [0, 0.1) is 17.5 Å². The van der Waals surface area contributed by atoms with Gasteiger partial charge in [-0.15, -0.1) is 0 Å². The minimum absolute atomic E-state index is 0.238. The van der Waals surface area contributed by atoms with Gasteiger partial charge in [-0.1, -0.05) is 24.3 Å². The molecule has 0 aliphatic rings. The van der Waals surface area contributed by atoms with Gasteiger partial charge >= 0.3 is 8.80 Å². The second kappa shape index (κ2) is 6.61. The molecule has 7 heteroatoms. The second-order valence-corrected chi connectivity index (χ2v) is 7.41. The van der Waals surface area contributed by atoms with E-state index in [2.05, 4.69) is 0 Å². The summed E-state index contributed by atoms with van der Waals surface area (Å²) in [4.78, 5) is 0. The standard InChI is InChI=1S/C15H15F3O3Si/c1-19-22(20-2,21-3)12-6-4-10(5-7-12)11-8-13(16)15(18)14(17)9-11/h4-9H,1-3H3. The molecule has 2 aromatic rings. The Balaban J connectivity index is 2.41. The Kier molecular flexibility index (Phi) is 5.02. The summed E-state index contributed by atoms with van der Waals surface area (Å²) in [5.41, 5.74) is 0.773. The molecule has 0 bridgehead atoms. The average Bonchev–Trinajstić information content (AvgIpc) is 2.55. The molecule has 0 spiro atoms. The molecule has 2 rings (SSSR count). The summed E-state index contributed by atoms with van der Waals surface area (Å²) >= 11 is 0. The van der Waals surface area contributed by atoms with Gasteiger partial charge in [-0.25, -0.2) is 13.2 Å². The van der Waals surface area contributed by atoms with Crippen LogP contribution in [0.1, 0.15) is 0 Å². The van der Waals surface area contributed by atoms with Gasteiger partial charge in [0.2, 0.25) is 0 Å². The van der Waals surface area contributed by atoms with E-state index in [0.29, 0.717) is 10.8 Å². The van der Waals surface area contributed by atoms with Crippen molar-refractivity contribution in [1.29, 1.82) is 0 Å². The van der Waals surface area contributed by atoms with E-state index >= 15 is 0 Å². The van der Waals surface area contributed by atoms with Crippen molar-refractivity contribution >= 4 is 14.0 Å². The molecule has 118 valence electrons. The fourth-order valence-corrected chi connectivity index (χ4v) is 3.97. The van der Waals surface area contributed by atoms with Crippen LogP contribution >= 0.6 is 0 Å². The monoisotopic (exact) mass is 328 g/mol. The van der Waals surface area contributed by atoms with Gasteiger partial charge in [0.1, 0.15) is 0 Å². The third-order valence-corrected chi connectivity index (χ3v) is 6.01. The van der Waals surface area contributed by atoms with Crippen molar-refractivity contribution in [3.05, 3.63) is 53.8 Å². The summed E-state index contributed by atoms with van der Waals surface area (Å²) in [6.07, 6.45) is 0. The van der Waals surface area contributed by atoms with Crippen LogP contribution in [0.4, 0.5) is 13.2 Å². The lowest BCUT2D eigenvalue weighted by atomic mass is 10.1. The maximum Gasteiger partial charge on any atom is 0.536 e. The summed E-state index contributed by atoms with van der Waals surface area (Å²) in [6, 6.07) is 8.55. The molecule has 0 heterocycles. The van der Waals surface area contributed by atoms with Crippen molar-refractivity contribution < 1.29 is 26.4 Å². The molecule has 0 unspecified atom stereocenters. The first-order valence-electron chi connectivity index (χ1n) is 6.38. The molecule has 0 radical (unpaired) electrons. The number of hydrogen-bond donors (Lipinski definition) is 0. The molecular formula is C15H15F3O3Si. The van der Waals surface area contributed by atoms with Crippen LogP contribution in [0.2, 0.25) is 0 Å². The van der Waals surface area contributed by atoms with Crippen molar-refractivity contribution in [3.8, 4) is 11.1 Å². The zero-order chi connectivity index (χ0) is 16.3. The lowest BCUT2D eigenvalue weighted by Crippen LogP contribution is -2.54. The molecule has 0 aliphatic carbocycles.